The van der Waals surface area contributed by atoms with E-state index in [4.69, 9.17) is 4.74 Å². The summed E-state index contributed by atoms with van der Waals surface area (Å²) in [5, 5.41) is 13.6. The van der Waals surface area contributed by atoms with Crippen LogP contribution < -0.4 is 5.32 Å². The fourth-order valence-corrected chi connectivity index (χ4v) is 2.00. The van der Waals surface area contributed by atoms with Gasteiger partial charge in [-0.1, -0.05) is 30.3 Å². The van der Waals surface area contributed by atoms with Gasteiger partial charge < -0.3 is 10.1 Å². The van der Waals surface area contributed by atoms with Crippen LogP contribution in [0.3, 0.4) is 0 Å². The number of hydrogen-bond donors (Lipinski definition) is 1. The number of nitrogens with one attached hydrogen (secondary N) is 1. The third-order valence-electron chi connectivity index (χ3n) is 3.03. The molecule has 2 aromatic carbocycles. The van der Waals surface area contributed by atoms with Crippen LogP contribution in [0, 0.1) is 15.9 Å². The van der Waals surface area contributed by atoms with Gasteiger partial charge in [0.05, 0.1) is 29.3 Å². The number of rotatable bonds is 6. The molecule has 0 spiro atoms. The summed E-state index contributed by atoms with van der Waals surface area (Å²) in [6.07, 6.45) is 0. The Kier molecular flexibility index (Phi) is 4.84. The highest BCUT2D eigenvalue weighted by Crippen LogP contribution is 2.25. The smallest absolute Gasteiger partial charge is 0.272 e. The summed E-state index contributed by atoms with van der Waals surface area (Å²) in [5.74, 6) is -0.666. The lowest BCUT2D eigenvalue weighted by molar-refractivity contribution is -0.385. The van der Waals surface area contributed by atoms with Gasteiger partial charge in [-0.2, -0.15) is 0 Å². The van der Waals surface area contributed by atoms with Gasteiger partial charge in [0.1, 0.15) is 0 Å². The highest BCUT2D eigenvalue weighted by molar-refractivity contribution is 5.51. The Morgan fingerprint density at radius 1 is 1.29 bits per heavy atom. The molecular formula is C15H15FN2O3. The Labute approximate surface area is 121 Å². The van der Waals surface area contributed by atoms with Crippen molar-refractivity contribution in [1.29, 1.82) is 0 Å². The van der Waals surface area contributed by atoms with Crippen LogP contribution in [0.15, 0.2) is 48.5 Å². The molecule has 0 fully saturated rings. The molecule has 0 amide bonds. The van der Waals surface area contributed by atoms with Crippen molar-refractivity contribution < 1.29 is 14.1 Å². The average Bonchev–Trinajstić information content (AvgIpc) is 2.49. The summed E-state index contributed by atoms with van der Waals surface area (Å²) < 4.78 is 19.1. The first-order valence-corrected chi connectivity index (χ1v) is 6.36. The molecule has 5 nitrogen and oxygen atoms in total. The topological polar surface area (TPSA) is 64.4 Å². The monoisotopic (exact) mass is 290 g/mol. The van der Waals surface area contributed by atoms with Gasteiger partial charge in [0, 0.05) is 13.2 Å². The molecule has 2 rings (SSSR count). The first kappa shape index (κ1) is 14.9. The van der Waals surface area contributed by atoms with Gasteiger partial charge in [-0.25, -0.2) is 4.39 Å². The summed E-state index contributed by atoms with van der Waals surface area (Å²) in [6.45, 7) is 0.348. The third-order valence-corrected chi connectivity index (χ3v) is 3.03. The Bertz CT molecular complexity index is 620. The number of anilines is 1. The second-order valence-electron chi connectivity index (χ2n) is 4.48. The Morgan fingerprint density at radius 3 is 2.57 bits per heavy atom. The van der Waals surface area contributed by atoms with Gasteiger partial charge in [0.2, 0.25) is 0 Å². The van der Waals surface area contributed by atoms with Gasteiger partial charge in [-0.15, -0.1) is 0 Å². The van der Waals surface area contributed by atoms with Crippen molar-refractivity contribution in [1.82, 2.24) is 0 Å². The molecular weight excluding hydrogens is 275 g/mol. The molecule has 0 radical (unpaired) electrons. The predicted octanol–water partition coefficient (Wildman–Crippen LogP) is 3.53. The standard InChI is InChI=1S/C15H15FN2O3/c1-21-10-15(11-5-3-2-4-6-11)17-14-8-7-12(18(19)20)9-13(14)16/h2-9,15,17H,10H2,1H3. The average molecular weight is 290 g/mol. The van der Waals surface area contributed by atoms with Gasteiger partial charge in [-0.05, 0) is 11.6 Å². The Hall–Kier alpha value is -2.47. The van der Waals surface area contributed by atoms with E-state index in [1.54, 1.807) is 7.11 Å². The fourth-order valence-electron chi connectivity index (χ4n) is 2.00. The second kappa shape index (κ2) is 6.81. The number of benzene rings is 2. The maximum atomic E-state index is 13.9. The number of methoxy groups -OCH3 is 1. The Morgan fingerprint density at radius 2 is 2.00 bits per heavy atom. The highest BCUT2D eigenvalue weighted by Gasteiger charge is 2.15. The van der Waals surface area contributed by atoms with Crippen molar-refractivity contribution in [2.24, 2.45) is 0 Å². The van der Waals surface area contributed by atoms with Crippen molar-refractivity contribution in [3.8, 4) is 0 Å². The number of halogens is 1. The minimum Gasteiger partial charge on any atom is -0.382 e. The molecule has 0 bridgehead atoms. The molecule has 1 unspecified atom stereocenters. The largest absolute Gasteiger partial charge is 0.382 e. The number of hydrogen-bond acceptors (Lipinski definition) is 4. The van der Waals surface area contributed by atoms with E-state index in [1.807, 2.05) is 30.3 Å². The van der Waals surface area contributed by atoms with Crippen LogP contribution in [0.1, 0.15) is 11.6 Å². The summed E-state index contributed by atoms with van der Waals surface area (Å²) in [6, 6.07) is 12.7. The van der Waals surface area contributed by atoms with Crippen molar-refractivity contribution >= 4 is 11.4 Å². The summed E-state index contributed by atoms with van der Waals surface area (Å²) in [5.41, 5.74) is 0.865. The van der Waals surface area contributed by atoms with Crippen LogP contribution in [0.4, 0.5) is 15.8 Å². The lowest BCUT2D eigenvalue weighted by Gasteiger charge is -2.20. The van der Waals surface area contributed by atoms with Crippen LogP contribution in [0.5, 0.6) is 0 Å². The number of nitro benzene ring substituents is 1. The first-order chi connectivity index (χ1) is 10.1. The van der Waals surface area contributed by atoms with E-state index >= 15 is 0 Å². The van der Waals surface area contributed by atoms with Crippen LogP contribution >= 0.6 is 0 Å². The lowest BCUT2D eigenvalue weighted by Crippen LogP contribution is -2.17. The van der Waals surface area contributed by atoms with Crippen LogP contribution in [-0.4, -0.2) is 18.6 Å². The van der Waals surface area contributed by atoms with Crippen LogP contribution in [0.2, 0.25) is 0 Å². The molecule has 1 atom stereocenters. The minimum absolute atomic E-state index is 0.200. The number of ether oxygens (including phenoxy) is 1. The minimum atomic E-state index is -0.666. The van der Waals surface area contributed by atoms with E-state index in [1.165, 1.54) is 12.1 Å². The molecule has 0 saturated carbocycles. The number of nitrogens with zero attached hydrogens (tertiary/aromatic N) is 1. The van der Waals surface area contributed by atoms with Crippen LogP contribution in [0.25, 0.3) is 0 Å². The quantitative estimate of drug-likeness (QED) is 0.653. The maximum Gasteiger partial charge on any atom is 0.272 e. The molecule has 6 heteroatoms. The van der Waals surface area contributed by atoms with Crippen LogP contribution in [-0.2, 0) is 4.74 Å². The number of non-ortho nitro benzene ring substituents is 1. The molecule has 0 aliphatic rings. The predicted molar refractivity (Wildman–Crippen MR) is 77.7 cm³/mol. The molecule has 1 N–H and O–H groups in total. The van der Waals surface area contributed by atoms with E-state index < -0.39 is 10.7 Å². The molecule has 0 saturated heterocycles. The second-order valence-corrected chi connectivity index (χ2v) is 4.48. The summed E-state index contributed by atoms with van der Waals surface area (Å²) in [7, 11) is 1.56. The zero-order valence-electron chi connectivity index (χ0n) is 11.5. The van der Waals surface area contributed by atoms with Gasteiger partial charge >= 0.3 is 0 Å². The van der Waals surface area contributed by atoms with Gasteiger partial charge in [0.15, 0.2) is 5.82 Å². The normalized spacial score (nSPS) is 11.9. The third kappa shape index (κ3) is 3.76. The molecule has 110 valence electrons. The van der Waals surface area contributed by atoms with E-state index in [2.05, 4.69) is 5.32 Å². The molecule has 0 aromatic heterocycles. The first-order valence-electron chi connectivity index (χ1n) is 6.36. The highest BCUT2D eigenvalue weighted by atomic mass is 19.1. The van der Waals surface area contributed by atoms with E-state index in [-0.39, 0.29) is 17.4 Å². The van der Waals surface area contributed by atoms with E-state index in [0.717, 1.165) is 11.6 Å². The summed E-state index contributed by atoms with van der Waals surface area (Å²) in [4.78, 5) is 9.98. The van der Waals surface area contributed by atoms with E-state index in [0.29, 0.717) is 6.61 Å². The van der Waals surface area contributed by atoms with Crippen molar-refractivity contribution in [2.45, 2.75) is 6.04 Å². The zero-order chi connectivity index (χ0) is 15.2. The SMILES string of the molecule is COCC(Nc1ccc([N+](=O)[O-])cc1F)c1ccccc1. The van der Waals surface area contributed by atoms with Gasteiger partial charge in [-0.3, -0.25) is 10.1 Å². The van der Waals surface area contributed by atoms with Crippen molar-refractivity contribution in [3.05, 3.63) is 70.0 Å². The molecule has 21 heavy (non-hydrogen) atoms. The molecule has 0 heterocycles. The van der Waals surface area contributed by atoms with Crippen molar-refractivity contribution in [3.63, 3.8) is 0 Å². The molecule has 0 aliphatic carbocycles. The van der Waals surface area contributed by atoms with Gasteiger partial charge in [0.25, 0.3) is 5.69 Å². The molecule has 0 aliphatic heterocycles. The Balaban J connectivity index is 2.23. The maximum absolute atomic E-state index is 13.9. The van der Waals surface area contributed by atoms with Crippen molar-refractivity contribution in [2.75, 3.05) is 19.0 Å². The number of nitro groups is 1. The fraction of sp³-hybridized carbons (Fsp3) is 0.200. The zero-order valence-corrected chi connectivity index (χ0v) is 11.5. The molecule has 2 aromatic rings. The summed E-state index contributed by atoms with van der Waals surface area (Å²) >= 11 is 0. The lowest BCUT2D eigenvalue weighted by atomic mass is 10.1. The van der Waals surface area contributed by atoms with E-state index in [9.17, 15) is 14.5 Å².